The minimum atomic E-state index is -0.918. The molecule has 25 heavy (non-hydrogen) atoms. The van der Waals surface area contributed by atoms with Crippen molar-refractivity contribution in [3.8, 4) is 5.75 Å². The molecule has 0 saturated carbocycles. The van der Waals surface area contributed by atoms with Crippen molar-refractivity contribution in [2.75, 3.05) is 5.32 Å². The number of anilines is 1. The number of carboxylic acids is 1. The first kappa shape index (κ1) is 18.8. The van der Waals surface area contributed by atoms with Crippen LogP contribution < -0.4 is 10.1 Å². The summed E-state index contributed by atoms with van der Waals surface area (Å²) in [4.78, 5) is 23.4. The Morgan fingerprint density at radius 2 is 1.88 bits per heavy atom. The highest BCUT2D eigenvalue weighted by Gasteiger charge is 2.17. The van der Waals surface area contributed by atoms with Crippen molar-refractivity contribution >= 4 is 29.2 Å². The van der Waals surface area contributed by atoms with Crippen LogP contribution in [-0.4, -0.2) is 23.1 Å². The highest BCUT2D eigenvalue weighted by atomic mass is 35.5. The maximum atomic E-state index is 12.3. The van der Waals surface area contributed by atoms with E-state index in [-0.39, 0.29) is 5.91 Å². The van der Waals surface area contributed by atoms with Gasteiger partial charge in [-0.2, -0.15) is 0 Å². The van der Waals surface area contributed by atoms with E-state index in [4.69, 9.17) is 21.4 Å². The van der Waals surface area contributed by atoms with Crippen LogP contribution in [0.4, 0.5) is 5.69 Å². The molecule has 0 aliphatic rings. The standard InChI is InChI=1S/C19H20ClNO4/c1-11-9-16(7-8-17(11)20)25-13(3)18(22)21-15-6-4-5-14(10-15)12(2)19(23)24/h4-10,12-13H,1-3H3,(H,21,22)(H,23,24). The molecule has 0 saturated heterocycles. The number of aryl methyl sites for hydroxylation is 1. The van der Waals surface area contributed by atoms with Crippen molar-refractivity contribution in [2.45, 2.75) is 32.8 Å². The fourth-order valence-electron chi connectivity index (χ4n) is 2.22. The summed E-state index contributed by atoms with van der Waals surface area (Å²) < 4.78 is 5.64. The van der Waals surface area contributed by atoms with Crippen LogP contribution in [0.5, 0.6) is 5.75 Å². The molecule has 0 bridgehead atoms. The van der Waals surface area contributed by atoms with Gasteiger partial charge in [-0.1, -0.05) is 23.7 Å². The molecule has 2 atom stereocenters. The maximum Gasteiger partial charge on any atom is 0.310 e. The van der Waals surface area contributed by atoms with E-state index >= 15 is 0 Å². The minimum absolute atomic E-state index is 0.326. The fraction of sp³-hybridized carbons (Fsp3) is 0.263. The van der Waals surface area contributed by atoms with E-state index in [9.17, 15) is 9.59 Å². The lowest BCUT2D eigenvalue weighted by molar-refractivity contribution is -0.138. The van der Waals surface area contributed by atoms with Crippen LogP contribution in [0.1, 0.15) is 30.9 Å². The molecule has 0 aromatic heterocycles. The van der Waals surface area contributed by atoms with Crippen LogP contribution in [-0.2, 0) is 9.59 Å². The maximum absolute atomic E-state index is 12.3. The third-order valence-electron chi connectivity index (χ3n) is 3.84. The number of amides is 1. The zero-order valence-corrected chi connectivity index (χ0v) is 15.0. The molecule has 6 heteroatoms. The average Bonchev–Trinajstić information content (AvgIpc) is 2.57. The number of nitrogens with one attached hydrogen (secondary N) is 1. The number of aliphatic carboxylic acids is 1. The number of benzene rings is 2. The van der Waals surface area contributed by atoms with E-state index in [2.05, 4.69) is 5.32 Å². The number of ether oxygens (including phenoxy) is 1. The summed E-state index contributed by atoms with van der Waals surface area (Å²) in [5, 5.41) is 12.5. The number of hydrogen-bond donors (Lipinski definition) is 2. The third-order valence-corrected chi connectivity index (χ3v) is 4.26. The highest BCUT2D eigenvalue weighted by molar-refractivity contribution is 6.31. The number of carbonyl (C=O) groups is 2. The molecule has 2 rings (SSSR count). The van der Waals surface area contributed by atoms with Gasteiger partial charge in [-0.05, 0) is 62.2 Å². The zero-order chi connectivity index (χ0) is 18.6. The summed E-state index contributed by atoms with van der Waals surface area (Å²) in [6.45, 7) is 5.09. The first-order valence-electron chi connectivity index (χ1n) is 7.84. The van der Waals surface area contributed by atoms with Crippen LogP contribution in [0.25, 0.3) is 0 Å². The zero-order valence-electron chi connectivity index (χ0n) is 14.2. The van der Waals surface area contributed by atoms with Gasteiger partial charge in [0.2, 0.25) is 0 Å². The Labute approximate surface area is 151 Å². The Kier molecular flexibility index (Phi) is 6.04. The van der Waals surface area contributed by atoms with E-state index in [1.165, 1.54) is 0 Å². The molecule has 2 unspecified atom stereocenters. The third kappa shape index (κ3) is 4.97. The van der Waals surface area contributed by atoms with E-state index in [0.29, 0.717) is 22.0 Å². The van der Waals surface area contributed by atoms with Crippen LogP contribution in [0.15, 0.2) is 42.5 Å². The lowest BCUT2D eigenvalue weighted by atomic mass is 10.0. The SMILES string of the molecule is Cc1cc(OC(C)C(=O)Nc2cccc(C(C)C(=O)O)c2)ccc1Cl. The Morgan fingerprint density at radius 3 is 2.52 bits per heavy atom. The van der Waals surface area contributed by atoms with Crippen molar-refractivity contribution in [2.24, 2.45) is 0 Å². The molecular weight excluding hydrogens is 342 g/mol. The predicted octanol–water partition coefficient (Wildman–Crippen LogP) is 4.24. The topological polar surface area (TPSA) is 75.6 Å². The smallest absolute Gasteiger partial charge is 0.310 e. The number of carboxylic acid groups (broad SMARTS) is 1. The second-order valence-electron chi connectivity index (χ2n) is 5.85. The van der Waals surface area contributed by atoms with Gasteiger partial charge in [-0.15, -0.1) is 0 Å². The Bertz CT molecular complexity index is 791. The molecule has 0 aliphatic heterocycles. The minimum Gasteiger partial charge on any atom is -0.481 e. The molecule has 2 aromatic carbocycles. The predicted molar refractivity (Wildman–Crippen MR) is 97.4 cm³/mol. The number of rotatable bonds is 6. The summed E-state index contributed by atoms with van der Waals surface area (Å²) in [5.41, 5.74) is 2.01. The molecule has 0 fully saturated rings. The fourth-order valence-corrected chi connectivity index (χ4v) is 2.34. The van der Waals surface area contributed by atoms with Gasteiger partial charge >= 0.3 is 5.97 Å². The first-order valence-corrected chi connectivity index (χ1v) is 8.22. The van der Waals surface area contributed by atoms with Gasteiger partial charge in [0, 0.05) is 10.7 Å². The average molecular weight is 362 g/mol. The molecule has 132 valence electrons. The summed E-state index contributed by atoms with van der Waals surface area (Å²) in [6.07, 6.45) is -0.721. The van der Waals surface area contributed by atoms with Crippen LogP contribution in [0, 0.1) is 6.92 Å². The van der Waals surface area contributed by atoms with Gasteiger partial charge in [-0.25, -0.2) is 0 Å². The number of hydrogen-bond acceptors (Lipinski definition) is 3. The van der Waals surface area contributed by atoms with Gasteiger partial charge in [0.15, 0.2) is 6.10 Å². The quantitative estimate of drug-likeness (QED) is 0.806. The molecule has 0 radical (unpaired) electrons. The van der Waals surface area contributed by atoms with Crippen molar-refractivity contribution in [3.05, 3.63) is 58.6 Å². The summed E-state index contributed by atoms with van der Waals surface area (Å²) >= 11 is 5.97. The summed E-state index contributed by atoms with van der Waals surface area (Å²) in [7, 11) is 0. The molecule has 0 spiro atoms. The Hall–Kier alpha value is -2.53. The van der Waals surface area contributed by atoms with Crippen molar-refractivity contribution < 1.29 is 19.4 Å². The molecular formula is C19H20ClNO4. The second kappa shape index (κ2) is 8.03. The van der Waals surface area contributed by atoms with E-state index in [1.54, 1.807) is 56.3 Å². The summed E-state index contributed by atoms with van der Waals surface area (Å²) in [6, 6.07) is 12.0. The van der Waals surface area contributed by atoms with Gasteiger partial charge in [0.25, 0.3) is 5.91 Å². The van der Waals surface area contributed by atoms with Crippen molar-refractivity contribution in [3.63, 3.8) is 0 Å². The van der Waals surface area contributed by atoms with E-state index in [1.807, 2.05) is 6.92 Å². The van der Waals surface area contributed by atoms with Gasteiger partial charge < -0.3 is 15.2 Å². The van der Waals surface area contributed by atoms with Gasteiger partial charge in [-0.3, -0.25) is 9.59 Å². The molecule has 1 amide bonds. The molecule has 2 N–H and O–H groups in total. The first-order chi connectivity index (χ1) is 11.8. The Morgan fingerprint density at radius 1 is 1.16 bits per heavy atom. The van der Waals surface area contributed by atoms with Gasteiger partial charge in [0.1, 0.15) is 5.75 Å². The second-order valence-corrected chi connectivity index (χ2v) is 6.25. The number of halogens is 1. The molecule has 0 aliphatic carbocycles. The van der Waals surface area contributed by atoms with Crippen LogP contribution in [0.3, 0.4) is 0 Å². The van der Waals surface area contributed by atoms with Crippen molar-refractivity contribution in [1.29, 1.82) is 0 Å². The molecule has 5 nitrogen and oxygen atoms in total. The lowest BCUT2D eigenvalue weighted by Crippen LogP contribution is -2.30. The highest BCUT2D eigenvalue weighted by Crippen LogP contribution is 2.23. The molecule has 2 aromatic rings. The largest absolute Gasteiger partial charge is 0.481 e. The normalized spacial score (nSPS) is 13.0. The monoisotopic (exact) mass is 361 g/mol. The van der Waals surface area contributed by atoms with Crippen LogP contribution >= 0.6 is 11.6 Å². The van der Waals surface area contributed by atoms with Crippen molar-refractivity contribution in [1.82, 2.24) is 0 Å². The van der Waals surface area contributed by atoms with Crippen LogP contribution in [0.2, 0.25) is 5.02 Å². The van der Waals surface area contributed by atoms with Gasteiger partial charge in [0.05, 0.1) is 5.92 Å². The molecule has 0 heterocycles. The lowest BCUT2D eigenvalue weighted by Gasteiger charge is -2.16. The van der Waals surface area contributed by atoms with E-state index < -0.39 is 18.0 Å². The Balaban J connectivity index is 2.04. The number of carbonyl (C=O) groups excluding carboxylic acids is 1. The summed E-state index contributed by atoms with van der Waals surface area (Å²) in [5.74, 6) is -1.34. The van der Waals surface area contributed by atoms with E-state index in [0.717, 1.165) is 5.56 Å².